The lowest BCUT2D eigenvalue weighted by molar-refractivity contribution is -0.114. The summed E-state index contributed by atoms with van der Waals surface area (Å²) in [7, 11) is 0. The molecule has 20 heavy (non-hydrogen) atoms. The van der Waals surface area contributed by atoms with Crippen LogP contribution in [0.1, 0.15) is 0 Å². The van der Waals surface area contributed by atoms with Crippen LogP contribution in [0.4, 0.5) is 15.8 Å². The Kier molecular flexibility index (Phi) is 4.82. The first-order chi connectivity index (χ1) is 9.56. The molecule has 2 aromatic carbocycles. The number of carbonyl (C=O) groups is 1. The fraction of sp³-hybridized carbons (Fsp3) is 0.0714. The molecule has 0 radical (unpaired) electrons. The van der Waals surface area contributed by atoms with Crippen LogP contribution in [0, 0.1) is 5.82 Å². The number of nitrogens with one attached hydrogen (secondary N) is 2. The highest BCUT2D eigenvalue weighted by Gasteiger charge is 2.06. The number of rotatable bonds is 4. The van der Waals surface area contributed by atoms with Gasteiger partial charge in [0.25, 0.3) is 0 Å². The summed E-state index contributed by atoms with van der Waals surface area (Å²) in [5.41, 5.74) is 1.00. The molecule has 0 fully saturated rings. The van der Waals surface area contributed by atoms with Crippen molar-refractivity contribution in [3.05, 3.63) is 58.3 Å². The van der Waals surface area contributed by atoms with E-state index in [2.05, 4.69) is 10.6 Å². The average Bonchev–Trinajstić information content (AvgIpc) is 2.43. The van der Waals surface area contributed by atoms with Gasteiger partial charge in [-0.1, -0.05) is 35.3 Å². The van der Waals surface area contributed by atoms with Crippen LogP contribution >= 0.6 is 23.2 Å². The second-order valence-corrected chi connectivity index (χ2v) is 4.82. The summed E-state index contributed by atoms with van der Waals surface area (Å²) < 4.78 is 13.2. The van der Waals surface area contributed by atoms with E-state index in [4.69, 9.17) is 23.2 Å². The van der Waals surface area contributed by atoms with E-state index in [1.807, 2.05) is 0 Å². The molecule has 0 aliphatic rings. The molecule has 0 atom stereocenters. The van der Waals surface area contributed by atoms with Crippen molar-refractivity contribution in [2.45, 2.75) is 0 Å². The summed E-state index contributed by atoms with van der Waals surface area (Å²) in [5.74, 6) is -0.823. The standard InChI is InChI=1S/C14H11Cl2FN2O/c15-10-6-5-9(7-12(10)17)18-8-14(20)19-13-4-2-1-3-11(13)16/h1-7,18H,8H2,(H,19,20). The van der Waals surface area contributed by atoms with Crippen LogP contribution in [0.15, 0.2) is 42.5 Å². The number of para-hydroxylation sites is 1. The van der Waals surface area contributed by atoms with E-state index >= 15 is 0 Å². The molecule has 3 nitrogen and oxygen atoms in total. The van der Waals surface area contributed by atoms with Crippen LogP contribution in [-0.4, -0.2) is 12.5 Å². The van der Waals surface area contributed by atoms with Crippen LogP contribution in [-0.2, 0) is 4.79 Å². The van der Waals surface area contributed by atoms with Crippen molar-refractivity contribution in [2.75, 3.05) is 17.2 Å². The number of hydrogen-bond donors (Lipinski definition) is 2. The SMILES string of the molecule is O=C(CNc1ccc(Cl)c(F)c1)Nc1ccccc1Cl. The topological polar surface area (TPSA) is 41.1 Å². The van der Waals surface area contributed by atoms with Crippen molar-refractivity contribution in [3.63, 3.8) is 0 Å². The summed E-state index contributed by atoms with van der Waals surface area (Å²) in [6.07, 6.45) is 0. The maximum atomic E-state index is 13.2. The highest BCUT2D eigenvalue weighted by Crippen LogP contribution is 2.21. The lowest BCUT2D eigenvalue weighted by Crippen LogP contribution is -2.21. The molecule has 0 aromatic heterocycles. The molecule has 0 unspecified atom stereocenters. The van der Waals surface area contributed by atoms with Gasteiger partial charge in [-0.05, 0) is 30.3 Å². The lowest BCUT2D eigenvalue weighted by atomic mass is 10.3. The van der Waals surface area contributed by atoms with Gasteiger partial charge >= 0.3 is 0 Å². The monoisotopic (exact) mass is 312 g/mol. The maximum absolute atomic E-state index is 13.2. The van der Waals surface area contributed by atoms with E-state index < -0.39 is 5.82 Å². The van der Waals surface area contributed by atoms with Gasteiger partial charge in [0.1, 0.15) is 5.82 Å². The molecule has 0 saturated heterocycles. The Morgan fingerprint density at radius 3 is 2.55 bits per heavy atom. The molecule has 0 aliphatic heterocycles. The number of carbonyl (C=O) groups excluding carboxylic acids is 1. The first kappa shape index (κ1) is 14.6. The third-order valence-electron chi connectivity index (χ3n) is 2.52. The van der Waals surface area contributed by atoms with Crippen molar-refractivity contribution in [1.82, 2.24) is 0 Å². The third-order valence-corrected chi connectivity index (χ3v) is 3.16. The number of benzene rings is 2. The van der Waals surface area contributed by atoms with Gasteiger partial charge in [-0.15, -0.1) is 0 Å². The predicted molar refractivity (Wildman–Crippen MR) is 80.0 cm³/mol. The highest BCUT2D eigenvalue weighted by atomic mass is 35.5. The van der Waals surface area contributed by atoms with E-state index in [0.717, 1.165) is 0 Å². The quantitative estimate of drug-likeness (QED) is 0.889. The van der Waals surface area contributed by atoms with Gasteiger partial charge in [0, 0.05) is 5.69 Å². The fourth-order valence-electron chi connectivity index (χ4n) is 1.55. The number of hydrogen-bond acceptors (Lipinski definition) is 2. The minimum absolute atomic E-state index is 0.00764. The van der Waals surface area contributed by atoms with Gasteiger partial charge in [0.15, 0.2) is 0 Å². The Hall–Kier alpha value is -1.78. The fourth-order valence-corrected chi connectivity index (χ4v) is 1.85. The number of halogens is 3. The van der Waals surface area contributed by atoms with Gasteiger partial charge in [-0.3, -0.25) is 4.79 Å². The lowest BCUT2D eigenvalue weighted by Gasteiger charge is -2.09. The molecule has 2 N–H and O–H groups in total. The zero-order valence-corrected chi connectivity index (χ0v) is 11.8. The molecular weight excluding hydrogens is 302 g/mol. The molecule has 0 saturated carbocycles. The maximum Gasteiger partial charge on any atom is 0.243 e. The second kappa shape index (κ2) is 6.59. The van der Waals surface area contributed by atoms with Crippen LogP contribution in [0.2, 0.25) is 10.0 Å². The predicted octanol–water partition coefficient (Wildman–Crippen LogP) is 4.18. The Morgan fingerprint density at radius 2 is 1.85 bits per heavy atom. The minimum Gasteiger partial charge on any atom is -0.376 e. The Morgan fingerprint density at radius 1 is 1.10 bits per heavy atom. The summed E-state index contributed by atoms with van der Waals surface area (Å²) in [6.45, 7) is -0.00764. The van der Waals surface area contributed by atoms with Crippen molar-refractivity contribution in [1.29, 1.82) is 0 Å². The molecule has 0 heterocycles. The van der Waals surface area contributed by atoms with Crippen LogP contribution < -0.4 is 10.6 Å². The van der Waals surface area contributed by atoms with Gasteiger partial charge in [0.2, 0.25) is 5.91 Å². The zero-order chi connectivity index (χ0) is 14.5. The second-order valence-electron chi connectivity index (χ2n) is 4.01. The molecule has 0 bridgehead atoms. The smallest absolute Gasteiger partial charge is 0.243 e. The van der Waals surface area contributed by atoms with Crippen molar-refractivity contribution < 1.29 is 9.18 Å². The molecule has 104 valence electrons. The summed E-state index contributed by atoms with van der Waals surface area (Å²) in [5, 5.41) is 5.95. The van der Waals surface area contributed by atoms with E-state index in [1.165, 1.54) is 12.1 Å². The van der Waals surface area contributed by atoms with Gasteiger partial charge < -0.3 is 10.6 Å². The van der Waals surface area contributed by atoms with Crippen LogP contribution in [0.3, 0.4) is 0 Å². The molecule has 2 aromatic rings. The molecular formula is C14H11Cl2FN2O. The average molecular weight is 313 g/mol. The van der Waals surface area contributed by atoms with Gasteiger partial charge in [0.05, 0.1) is 22.3 Å². The largest absolute Gasteiger partial charge is 0.376 e. The molecule has 0 spiro atoms. The van der Waals surface area contributed by atoms with Gasteiger partial charge in [-0.25, -0.2) is 4.39 Å². The first-order valence-electron chi connectivity index (χ1n) is 5.79. The third kappa shape index (κ3) is 3.85. The first-order valence-corrected chi connectivity index (χ1v) is 6.55. The molecule has 6 heteroatoms. The number of anilines is 2. The van der Waals surface area contributed by atoms with E-state index in [1.54, 1.807) is 30.3 Å². The molecule has 0 aliphatic carbocycles. The summed E-state index contributed by atoms with van der Waals surface area (Å²) in [6, 6.07) is 11.2. The molecule has 1 amide bonds. The minimum atomic E-state index is -0.539. The van der Waals surface area contributed by atoms with Crippen LogP contribution in [0.5, 0.6) is 0 Å². The normalized spacial score (nSPS) is 10.2. The summed E-state index contributed by atoms with van der Waals surface area (Å²) >= 11 is 11.5. The van der Waals surface area contributed by atoms with E-state index in [9.17, 15) is 9.18 Å². The van der Waals surface area contributed by atoms with Crippen molar-refractivity contribution in [2.24, 2.45) is 0 Å². The number of amides is 1. The molecule has 2 rings (SSSR count). The Balaban J connectivity index is 1.92. The summed E-state index contributed by atoms with van der Waals surface area (Å²) in [4.78, 5) is 11.7. The Labute approximate surface area is 125 Å². The highest BCUT2D eigenvalue weighted by molar-refractivity contribution is 6.33. The van der Waals surface area contributed by atoms with E-state index in [-0.39, 0.29) is 17.5 Å². The van der Waals surface area contributed by atoms with Crippen LogP contribution in [0.25, 0.3) is 0 Å². The Bertz CT molecular complexity index is 634. The van der Waals surface area contributed by atoms with Crippen molar-refractivity contribution in [3.8, 4) is 0 Å². The van der Waals surface area contributed by atoms with E-state index in [0.29, 0.717) is 16.4 Å². The van der Waals surface area contributed by atoms with Gasteiger partial charge in [-0.2, -0.15) is 0 Å². The zero-order valence-electron chi connectivity index (χ0n) is 10.3. The van der Waals surface area contributed by atoms with Crippen molar-refractivity contribution >= 4 is 40.5 Å².